The van der Waals surface area contributed by atoms with Gasteiger partial charge in [0.1, 0.15) is 0 Å². The van der Waals surface area contributed by atoms with Crippen molar-refractivity contribution in [3.05, 3.63) is 77.9 Å². The number of likely N-dealkylation sites (tertiary alicyclic amines) is 1. The van der Waals surface area contributed by atoms with E-state index in [1.165, 1.54) is 5.56 Å². The lowest BCUT2D eigenvalue weighted by Crippen LogP contribution is -2.40. The Morgan fingerprint density at radius 2 is 1.65 bits per heavy atom. The minimum Gasteiger partial charge on any atom is -0.393 e. The molecule has 0 spiro atoms. The van der Waals surface area contributed by atoms with Crippen molar-refractivity contribution in [2.24, 2.45) is 5.92 Å². The highest BCUT2D eigenvalue weighted by Crippen LogP contribution is 2.24. The summed E-state index contributed by atoms with van der Waals surface area (Å²) < 4.78 is 0. The number of piperidine rings is 1. The quantitative estimate of drug-likeness (QED) is 0.803. The first-order valence-corrected chi connectivity index (χ1v) is 9.46. The lowest BCUT2D eigenvalue weighted by atomic mass is 9.88. The summed E-state index contributed by atoms with van der Waals surface area (Å²) in [6, 6.07) is 20.2. The summed E-state index contributed by atoms with van der Waals surface area (Å²) in [5.41, 5.74) is 2.30. The van der Waals surface area contributed by atoms with Crippen LogP contribution in [0.5, 0.6) is 0 Å². The molecule has 1 atom stereocenters. The van der Waals surface area contributed by atoms with Crippen molar-refractivity contribution in [1.29, 1.82) is 0 Å². The van der Waals surface area contributed by atoms with E-state index in [1.807, 2.05) is 59.5 Å². The first-order valence-electron chi connectivity index (χ1n) is 9.46. The fourth-order valence-corrected chi connectivity index (χ4v) is 3.54. The number of hydrogen-bond acceptors (Lipinski definition) is 2. The van der Waals surface area contributed by atoms with Crippen LogP contribution in [0, 0.1) is 5.92 Å². The van der Waals surface area contributed by atoms with Crippen LogP contribution in [0.1, 0.15) is 30.4 Å². The van der Waals surface area contributed by atoms with Gasteiger partial charge >= 0.3 is 0 Å². The SMILES string of the molecule is O=C(C=Cc1ccccc1)N1CCC(C(O)CCc2ccccc2)CC1. The Hall–Kier alpha value is -2.39. The highest BCUT2D eigenvalue weighted by molar-refractivity contribution is 5.91. The molecule has 0 radical (unpaired) electrons. The summed E-state index contributed by atoms with van der Waals surface area (Å²) in [7, 11) is 0. The summed E-state index contributed by atoms with van der Waals surface area (Å²) >= 11 is 0. The summed E-state index contributed by atoms with van der Waals surface area (Å²) in [5, 5.41) is 10.5. The first-order chi connectivity index (χ1) is 12.7. The summed E-state index contributed by atoms with van der Waals surface area (Å²) in [6.45, 7) is 1.45. The molecule has 1 unspecified atom stereocenters. The van der Waals surface area contributed by atoms with E-state index in [2.05, 4.69) is 12.1 Å². The van der Waals surface area contributed by atoms with Gasteiger partial charge in [-0.2, -0.15) is 0 Å². The van der Waals surface area contributed by atoms with Gasteiger partial charge in [0.05, 0.1) is 6.10 Å². The lowest BCUT2D eigenvalue weighted by Gasteiger charge is -2.33. The topological polar surface area (TPSA) is 40.5 Å². The van der Waals surface area contributed by atoms with Crippen LogP contribution in [0.25, 0.3) is 6.08 Å². The molecule has 2 aromatic carbocycles. The van der Waals surface area contributed by atoms with Gasteiger partial charge in [0.15, 0.2) is 0 Å². The first kappa shape index (κ1) is 18.4. The van der Waals surface area contributed by atoms with Gasteiger partial charge in [-0.1, -0.05) is 60.7 Å². The summed E-state index contributed by atoms with van der Waals surface area (Å²) in [6.07, 6.45) is 6.68. The predicted molar refractivity (Wildman–Crippen MR) is 106 cm³/mol. The van der Waals surface area contributed by atoms with E-state index in [0.717, 1.165) is 44.3 Å². The van der Waals surface area contributed by atoms with Crippen molar-refractivity contribution < 1.29 is 9.90 Å². The number of rotatable bonds is 6. The Labute approximate surface area is 156 Å². The molecule has 3 nitrogen and oxygen atoms in total. The molecule has 136 valence electrons. The Balaban J connectivity index is 1.43. The molecule has 1 aliphatic rings. The molecule has 1 aliphatic heterocycles. The van der Waals surface area contributed by atoms with Gasteiger partial charge in [0.25, 0.3) is 0 Å². The molecule has 0 saturated carbocycles. The molecular formula is C23H27NO2. The normalized spacial score (nSPS) is 16.7. The average molecular weight is 349 g/mol. The number of benzene rings is 2. The van der Waals surface area contributed by atoms with E-state index in [4.69, 9.17) is 0 Å². The number of nitrogens with zero attached hydrogens (tertiary/aromatic N) is 1. The summed E-state index contributed by atoms with van der Waals surface area (Å²) in [5.74, 6) is 0.354. The Morgan fingerprint density at radius 1 is 1.04 bits per heavy atom. The Morgan fingerprint density at radius 3 is 2.31 bits per heavy atom. The van der Waals surface area contributed by atoms with Crippen LogP contribution < -0.4 is 0 Å². The molecule has 1 saturated heterocycles. The van der Waals surface area contributed by atoms with Gasteiger partial charge in [-0.05, 0) is 48.8 Å². The molecular weight excluding hydrogens is 322 g/mol. The van der Waals surface area contributed by atoms with Gasteiger partial charge in [-0.3, -0.25) is 4.79 Å². The second kappa shape index (κ2) is 9.35. The number of aliphatic hydroxyl groups excluding tert-OH is 1. The number of aliphatic hydroxyl groups is 1. The largest absolute Gasteiger partial charge is 0.393 e. The van der Waals surface area contributed by atoms with Crippen molar-refractivity contribution in [3.8, 4) is 0 Å². The molecule has 2 aromatic rings. The number of hydrogen-bond donors (Lipinski definition) is 1. The van der Waals surface area contributed by atoms with Crippen molar-refractivity contribution in [2.75, 3.05) is 13.1 Å². The van der Waals surface area contributed by atoms with E-state index < -0.39 is 0 Å². The zero-order valence-electron chi connectivity index (χ0n) is 15.1. The molecule has 1 fully saturated rings. The van der Waals surface area contributed by atoms with E-state index in [1.54, 1.807) is 6.08 Å². The minimum atomic E-state index is -0.285. The van der Waals surface area contributed by atoms with Gasteiger partial charge in [0.2, 0.25) is 5.91 Å². The van der Waals surface area contributed by atoms with Gasteiger partial charge < -0.3 is 10.0 Å². The van der Waals surface area contributed by atoms with Crippen LogP contribution >= 0.6 is 0 Å². The molecule has 26 heavy (non-hydrogen) atoms. The van der Waals surface area contributed by atoms with Gasteiger partial charge in [0, 0.05) is 19.2 Å². The second-order valence-corrected chi connectivity index (χ2v) is 7.00. The third-order valence-corrected chi connectivity index (χ3v) is 5.18. The number of aryl methyl sites for hydroxylation is 1. The highest BCUT2D eigenvalue weighted by atomic mass is 16.3. The van der Waals surface area contributed by atoms with E-state index in [0.29, 0.717) is 5.92 Å². The van der Waals surface area contributed by atoms with E-state index in [9.17, 15) is 9.90 Å². The second-order valence-electron chi connectivity index (χ2n) is 7.00. The fraction of sp³-hybridized carbons (Fsp3) is 0.348. The number of amides is 1. The van der Waals surface area contributed by atoms with Crippen LogP contribution in [0.2, 0.25) is 0 Å². The van der Waals surface area contributed by atoms with Crippen molar-refractivity contribution >= 4 is 12.0 Å². The molecule has 3 heteroatoms. The van der Waals surface area contributed by atoms with Crippen LogP contribution in [0.3, 0.4) is 0 Å². The minimum absolute atomic E-state index is 0.0612. The Bertz CT molecular complexity index is 704. The standard InChI is InChI=1S/C23H27NO2/c25-22(13-11-19-7-3-1-4-8-19)21-15-17-24(18-16-21)23(26)14-12-20-9-5-2-6-10-20/h1-10,12,14,21-22,25H,11,13,15-18H2. The third-order valence-electron chi connectivity index (χ3n) is 5.18. The third kappa shape index (κ3) is 5.30. The maximum absolute atomic E-state index is 12.3. The van der Waals surface area contributed by atoms with Crippen LogP contribution in [-0.4, -0.2) is 35.1 Å². The zero-order valence-corrected chi connectivity index (χ0v) is 15.1. The van der Waals surface area contributed by atoms with E-state index >= 15 is 0 Å². The number of carbonyl (C=O) groups excluding carboxylic acids is 1. The lowest BCUT2D eigenvalue weighted by molar-refractivity contribution is -0.127. The van der Waals surface area contributed by atoms with Gasteiger partial charge in [-0.25, -0.2) is 0 Å². The number of carbonyl (C=O) groups is 1. The molecule has 1 N–H and O–H groups in total. The van der Waals surface area contributed by atoms with Gasteiger partial charge in [-0.15, -0.1) is 0 Å². The maximum Gasteiger partial charge on any atom is 0.246 e. The average Bonchev–Trinajstić information content (AvgIpc) is 2.72. The molecule has 1 amide bonds. The molecule has 0 bridgehead atoms. The van der Waals surface area contributed by atoms with Crippen molar-refractivity contribution in [1.82, 2.24) is 4.90 Å². The molecule has 0 aliphatic carbocycles. The molecule has 0 aromatic heterocycles. The Kier molecular flexibility index (Phi) is 6.62. The zero-order chi connectivity index (χ0) is 18.2. The summed E-state index contributed by atoms with van der Waals surface area (Å²) in [4.78, 5) is 14.2. The van der Waals surface area contributed by atoms with Crippen LogP contribution in [0.4, 0.5) is 0 Å². The molecule has 1 heterocycles. The molecule has 3 rings (SSSR count). The fourth-order valence-electron chi connectivity index (χ4n) is 3.54. The van der Waals surface area contributed by atoms with Crippen molar-refractivity contribution in [2.45, 2.75) is 31.8 Å². The van der Waals surface area contributed by atoms with Crippen LogP contribution in [-0.2, 0) is 11.2 Å². The van der Waals surface area contributed by atoms with Crippen LogP contribution in [0.15, 0.2) is 66.7 Å². The smallest absolute Gasteiger partial charge is 0.246 e. The maximum atomic E-state index is 12.3. The monoisotopic (exact) mass is 349 g/mol. The van der Waals surface area contributed by atoms with Crippen molar-refractivity contribution in [3.63, 3.8) is 0 Å². The predicted octanol–water partition coefficient (Wildman–Crippen LogP) is 3.93. The van der Waals surface area contributed by atoms with E-state index in [-0.39, 0.29) is 12.0 Å². The highest BCUT2D eigenvalue weighted by Gasteiger charge is 2.26.